The topological polar surface area (TPSA) is 24.4 Å². The summed E-state index contributed by atoms with van der Waals surface area (Å²) >= 11 is 0. The number of anilines is 1. The summed E-state index contributed by atoms with van der Waals surface area (Å²) in [6, 6.07) is 6.17. The predicted molar refractivity (Wildman–Crippen MR) is 59.2 cm³/mol. The van der Waals surface area contributed by atoms with Crippen LogP contribution in [0.5, 0.6) is 0 Å². The first kappa shape index (κ1) is 9.78. The monoisotopic (exact) mass is 176 g/mol. The molecule has 2 heteroatoms. The van der Waals surface area contributed by atoms with E-state index in [2.05, 4.69) is 30.2 Å². The molecule has 0 aliphatic heterocycles. The summed E-state index contributed by atoms with van der Waals surface area (Å²) in [7, 11) is 1.92. The molecule has 0 unspecified atom stereocenters. The van der Waals surface area contributed by atoms with E-state index in [1.807, 2.05) is 25.4 Å². The van der Waals surface area contributed by atoms with Gasteiger partial charge in [0.25, 0.3) is 0 Å². The van der Waals surface area contributed by atoms with E-state index in [1.54, 1.807) is 0 Å². The van der Waals surface area contributed by atoms with Crippen molar-refractivity contribution in [2.75, 3.05) is 12.4 Å². The quantitative estimate of drug-likeness (QED) is 0.703. The third-order valence-electron chi connectivity index (χ3n) is 1.90. The number of rotatable bonds is 3. The standard InChI is InChI=1S/C11H16N2/c1-4-7-13-11-6-5-10(12-3)8-9(11)2/h5-8,12H,4H2,1-3H3/b13-7-. The highest BCUT2D eigenvalue weighted by molar-refractivity contribution is 5.66. The second-order valence-electron chi connectivity index (χ2n) is 2.97. The Labute approximate surface area is 79.7 Å². The van der Waals surface area contributed by atoms with Crippen LogP contribution in [0.3, 0.4) is 0 Å². The molecule has 0 saturated carbocycles. The molecule has 0 bridgehead atoms. The van der Waals surface area contributed by atoms with E-state index in [0.29, 0.717) is 0 Å². The van der Waals surface area contributed by atoms with E-state index in [4.69, 9.17) is 0 Å². The second kappa shape index (κ2) is 4.65. The highest BCUT2D eigenvalue weighted by atomic mass is 14.8. The lowest BCUT2D eigenvalue weighted by Crippen LogP contribution is -1.87. The first-order valence-corrected chi connectivity index (χ1v) is 4.59. The summed E-state index contributed by atoms with van der Waals surface area (Å²) < 4.78 is 0. The number of hydrogen-bond donors (Lipinski definition) is 1. The van der Waals surface area contributed by atoms with Crippen molar-refractivity contribution in [1.82, 2.24) is 0 Å². The maximum Gasteiger partial charge on any atom is 0.0656 e. The lowest BCUT2D eigenvalue weighted by atomic mass is 10.2. The Morgan fingerprint density at radius 3 is 2.77 bits per heavy atom. The van der Waals surface area contributed by atoms with Crippen molar-refractivity contribution in [3.8, 4) is 0 Å². The molecule has 0 aliphatic carbocycles. The molecule has 0 saturated heterocycles. The van der Waals surface area contributed by atoms with Crippen molar-refractivity contribution in [2.45, 2.75) is 20.3 Å². The minimum absolute atomic E-state index is 0.979. The minimum atomic E-state index is 0.979. The van der Waals surface area contributed by atoms with Gasteiger partial charge in [-0.2, -0.15) is 0 Å². The van der Waals surface area contributed by atoms with E-state index in [-0.39, 0.29) is 0 Å². The van der Waals surface area contributed by atoms with E-state index < -0.39 is 0 Å². The average Bonchev–Trinajstić information content (AvgIpc) is 2.16. The zero-order valence-electron chi connectivity index (χ0n) is 8.46. The molecule has 13 heavy (non-hydrogen) atoms. The van der Waals surface area contributed by atoms with Crippen molar-refractivity contribution >= 4 is 17.6 Å². The smallest absolute Gasteiger partial charge is 0.0656 e. The van der Waals surface area contributed by atoms with Gasteiger partial charge in [-0.05, 0) is 37.1 Å². The first-order chi connectivity index (χ1) is 6.27. The maximum atomic E-state index is 4.35. The van der Waals surface area contributed by atoms with Crippen LogP contribution in [-0.2, 0) is 0 Å². The Morgan fingerprint density at radius 2 is 2.23 bits per heavy atom. The molecule has 1 aromatic rings. The molecule has 2 nitrogen and oxygen atoms in total. The lowest BCUT2D eigenvalue weighted by Gasteiger charge is -2.03. The molecule has 0 heterocycles. The van der Waals surface area contributed by atoms with E-state index >= 15 is 0 Å². The van der Waals surface area contributed by atoms with Gasteiger partial charge in [-0.15, -0.1) is 0 Å². The largest absolute Gasteiger partial charge is 0.388 e. The van der Waals surface area contributed by atoms with Gasteiger partial charge in [-0.1, -0.05) is 6.92 Å². The van der Waals surface area contributed by atoms with Crippen LogP contribution >= 0.6 is 0 Å². The SMILES string of the molecule is CC/C=N\c1ccc(NC)cc1C. The van der Waals surface area contributed by atoms with Gasteiger partial charge in [0.15, 0.2) is 0 Å². The molecule has 70 valence electrons. The summed E-state index contributed by atoms with van der Waals surface area (Å²) in [6.45, 7) is 4.16. The van der Waals surface area contributed by atoms with Gasteiger partial charge in [0, 0.05) is 18.9 Å². The van der Waals surface area contributed by atoms with Gasteiger partial charge in [0.1, 0.15) is 0 Å². The predicted octanol–water partition coefficient (Wildman–Crippen LogP) is 3.15. The Kier molecular flexibility index (Phi) is 3.50. The molecular weight excluding hydrogens is 160 g/mol. The summed E-state index contributed by atoms with van der Waals surface area (Å²) in [5, 5.41) is 3.10. The maximum absolute atomic E-state index is 4.35. The van der Waals surface area contributed by atoms with Crippen LogP contribution in [0.15, 0.2) is 23.2 Å². The van der Waals surface area contributed by atoms with Crippen LogP contribution in [0.25, 0.3) is 0 Å². The van der Waals surface area contributed by atoms with Gasteiger partial charge in [0.2, 0.25) is 0 Å². The molecule has 0 atom stereocenters. The van der Waals surface area contributed by atoms with E-state index in [0.717, 1.165) is 17.8 Å². The Bertz CT molecular complexity index is 303. The number of aliphatic imine (C=N–C) groups is 1. The summed E-state index contributed by atoms with van der Waals surface area (Å²) in [5.41, 5.74) is 3.39. The van der Waals surface area contributed by atoms with Crippen LogP contribution < -0.4 is 5.32 Å². The second-order valence-corrected chi connectivity index (χ2v) is 2.97. The van der Waals surface area contributed by atoms with Crippen molar-refractivity contribution < 1.29 is 0 Å². The fourth-order valence-electron chi connectivity index (χ4n) is 1.15. The van der Waals surface area contributed by atoms with Crippen molar-refractivity contribution in [1.29, 1.82) is 0 Å². The van der Waals surface area contributed by atoms with E-state index in [1.165, 1.54) is 5.56 Å². The summed E-state index contributed by atoms with van der Waals surface area (Å²) in [4.78, 5) is 4.35. The molecular formula is C11H16N2. The van der Waals surface area contributed by atoms with Crippen molar-refractivity contribution in [3.63, 3.8) is 0 Å². The lowest BCUT2D eigenvalue weighted by molar-refractivity contribution is 1.30. The molecule has 0 spiro atoms. The highest BCUT2D eigenvalue weighted by Crippen LogP contribution is 2.21. The molecule has 0 aromatic heterocycles. The van der Waals surface area contributed by atoms with Crippen molar-refractivity contribution in [3.05, 3.63) is 23.8 Å². The summed E-state index contributed by atoms with van der Waals surface area (Å²) in [5.74, 6) is 0. The number of nitrogens with one attached hydrogen (secondary N) is 1. The fourth-order valence-corrected chi connectivity index (χ4v) is 1.15. The Balaban J connectivity index is 2.91. The Hall–Kier alpha value is -1.31. The molecule has 0 aliphatic rings. The van der Waals surface area contributed by atoms with Gasteiger partial charge in [0.05, 0.1) is 5.69 Å². The summed E-state index contributed by atoms with van der Waals surface area (Å²) in [6.07, 6.45) is 2.91. The van der Waals surface area contributed by atoms with Crippen LogP contribution in [0.1, 0.15) is 18.9 Å². The molecule has 1 rings (SSSR count). The highest BCUT2D eigenvalue weighted by Gasteiger charge is 1.95. The average molecular weight is 176 g/mol. The van der Waals surface area contributed by atoms with Crippen LogP contribution in [0.2, 0.25) is 0 Å². The Morgan fingerprint density at radius 1 is 1.46 bits per heavy atom. The van der Waals surface area contributed by atoms with Crippen LogP contribution in [0.4, 0.5) is 11.4 Å². The zero-order chi connectivity index (χ0) is 9.68. The third-order valence-corrected chi connectivity index (χ3v) is 1.90. The number of hydrogen-bond acceptors (Lipinski definition) is 2. The van der Waals surface area contributed by atoms with E-state index in [9.17, 15) is 0 Å². The number of aryl methyl sites for hydroxylation is 1. The molecule has 0 radical (unpaired) electrons. The van der Waals surface area contributed by atoms with Gasteiger partial charge < -0.3 is 5.32 Å². The normalized spacial score (nSPS) is 10.7. The minimum Gasteiger partial charge on any atom is -0.388 e. The first-order valence-electron chi connectivity index (χ1n) is 4.59. The van der Waals surface area contributed by atoms with Gasteiger partial charge in [-0.25, -0.2) is 0 Å². The van der Waals surface area contributed by atoms with Gasteiger partial charge >= 0.3 is 0 Å². The number of benzene rings is 1. The molecule has 0 fully saturated rings. The molecule has 0 amide bonds. The van der Waals surface area contributed by atoms with Crippen LogP contribution in [0, 0.1) is 6.92 Å². The fraction of sp³-hybridized carbons (Fsp3) is 0.364. The third kappa shape index (κ3) is 2.58. The van der Waals surface area contributed by atoms with Crippen molar-refractivity contribution in [2.24, 2.45) is 4.99 Å². The van der Waals surface area contributed by atoms with Crippen LogP contribution in [-0.4, -0.2) is 13.3 Å². The van der Waals surface area contributed by atoms with Gasteiger partial charge in [-0.3, -0.25) is 4.99 Å². The molecule has 1 N–H and O–H groups in total. The molecule has 1 aromatic carbocycles. The number of nitrogens with zero attached hydrogens (tertiary/aromatic N) is 1. The zero-order valence-corrected chi connectivity index (χ0v) is 8.46.